The van der Waals surface area contributed by atoms with Crippen molar-refractivity contribution in [3.63, 3.8) is 0 Å². The Labute approximate surface area is 161 Å². The van der Waals surface area contributed by atoms with Crippen molar-refractivity contribution in [2.75, 3.05) is 0 Å². The fourth-order valence-electron chi connectivity index (χ4n) is 2.80. The molecule has 0 fully saturated rings. The van der Waals surface area contributed by atoms with E-state index < -0.39 is 22.9 Å². The molecule has 138 valence electrons. The van der Waals surface area contributed by atoms with Crippen LogP contribution in [0.5, 0.6) is 0 Å². The standard InChI is InChI=1S/C18H12ClF3N4S/c1-18(2,9-3-5-10(19)6-4-9)16-23-24-17-26(16)25-15(27-17)11-7-8-12(20)14(22)13(11)21/h3-8H,1-2H3. The van der Waals surface area contributed by atoms with Crippen molar-refractivity contribution in [2.24, 2.45) is 0 Å². The molecule has 4 nitrogen and oxygen atoms in total. The van der Waals surface area contributed by atoms with Gasteiger partial charge in [0.2, 0.25) is 4.96 Å². The molecule has 4 rings (SSSR count). The number of aromatic nitrogens is 4. The normalized spacial score (nSPS) is 12.1. The molecular formula is C18H12ClF3N4S. The summed E-state index contributed by atoms with van der Waals surface area (Å²) >= 11 is 7.00. The Balaban J connectivity index is 1.83. The third kappa shape index (κ3) is 2.89. The Kier molecular flexibility index (Phi) is 4.20. The minimum atomic E-state index is -1.53. The van der Waals surface area contributed by atoms with Crippen LogP contribution in [-0.2, 0) is 5.41 Å². The molecule has 0 radical (unpaired) electrons. The number of benzene rings is 2. The summed E-state index contributed by atoms with van der Waals surface area (Å²) < 4.78 is 42.4. The smallest absolute Gasteiger partial charge is 0.204 e. The molecule has 27 heavy (non-hydrogen) atoms. The summed E-state index contributed by atoms with van der Waals surface area (Å²) in [5.74, 6) is -3.52. The van der Waals surface area contributed by atoms with Crippen LogP contribution in [0.15, 0.2) is 36.4 Å². The number of rotatable bonds is 3. The lowest BCUT2D eigenvalue weighted by Crippen LogP contribution is -2.22. The quantitative estimate of drug-likeness (QED) is 0.435. The number of fused-ring (bicyclic) bond motifs is 1. The van der Waals surface area contributed by atoms with E-state index in [2.05, 4.69) is 15.3 Å². The van der Waals surface area contributed by atoms with Gasteiger partial charge in [-0.3, -0.25) is 0 Å². The van der Waals surface area contributed by atoms with Crippen LogP contribution in [0.2, 0.25) is 5.02 Å². The van der Waals surface area contributed by atoms with E-state index in [-0.39, 0.29) is 10.6 Å². The van der Waals surface area contributed by atoms with E-state index in [1.165, 1.54) is 4.52 Å². The van der Waals surface area contributed by atoms with Crippen molar-refractivity contribution >= 4 is 27.9 Å². The first-order chi connectivity index (χ1) is 12.8. The highest BCUT2D eigenvalue weighted by atomic mass is 35.5. The molecule has 0 aliphatic carbocycles. The Bertz CT molecular complexity index is 1150. The minimum absolute atomic E-state index is 0.125. The molecule has 0 saturated heterocycles. The molecule has 2 aromatic carbocycles. The Morgan fingerprint density at radius 1 is 0.963 bits per heavy atom. The van der Waals surface area contributed by atoms with Gasteiger partial charge < -0.3 is 0 Å². The van der Waals surface area contributed by atoms with Crippen molar-refractivity contribution in [3.8, 4) is 10.6 Å². The van der Waals surface area contributed by atoms with E-state index in [0.29, 0.717) is 15.8 Å². The molecule has 0 aliphatic rings. The van der Waals surface area contributed by atoms with Crippen molar-refractivity contribution in [3.05, 3.63) is 70.3 Å². The summed E-state index contributed by atoms with van der Waals surface area (Å²) in [4.78, 5) is 0.422. The van der Waals surface area contributed by atoms with E-state index in [1.807, 2.05) is 26.0 Å². The van der Waals surface area contributed by atoms with Crippen LogP contribution in [0.4, 0.5) is 13.2 Å². The molecule has 0 spiro atoms. The van der Waals surface area contributed by atoms with Gasteiger partial charge in [-0.15, -0.1) is 10.2 Å². The molecule has 9 heteroatoms. The van der Waals surface area contributed by atoms with E-state index in [9.17, 15) is 13.2 Å². The number of hydrogen-bond donors (Lipinski definition) is 0. The molecule has 0 atom stereocenters. The van der Waals surface area contributed by atoms with Gasteiger partial charge in [0.1, 0.15) is 0 Å². The summed E-state index contributed by atoms with van der Waals surface area (Å²) in [7, 11) is 0. The number of halogens is 4. The average Bonchev–Trinajstić information content (AvgIpc) is 3.20. The van der Waals surface area contributed by atoms with Crippen molar-refractivity contribution in [1.29, 1.82) is 0 Å². The van der Waals surface area contributed by atoms with Crippen LogP contribution in [-0.4, -0.2) is 19.8 Å². The summed E-state index contributed by atoms with van der Waals surface area (Å²) in [5.41, 5.74) is 0.247. The Hall–Kier alpha value is -2.45. The van der Waals surface area contributed by atoms with Gasteiger partial charge in [-0.25, -0.2) is 13.2 Å². The molecule has 0 bridgehead atoms. The fourth-order valence-corrected chi connectivity index (χ4v) is 3.79. The summed E-state index contributed by atoms with van der Waals surface area (Å²) in [6.07, 6.45) is 0. The second kappa shape index (κ2) is 6.31. The highest BCUT2D eigenvalue weighted by molar-refractivity contribution is 7.19. The molecule has 0 N–H and O–H groups in total. The van der Waals surface area contributed by atoms with Crippen molar-refractivity contribution in [2.45, 2.75) is 19.3 Å². The lowest BCUT2D eigenvalue weighted by Gasteiger charge is -2.22. The van der Waals surface area contributed by atoms with Gasteiger partial charge in [0.15, 0.2) is 28.3 Å². The fraction of sp³-hybridized carbons (Fsp3) is 0.167. The zero-order valence-electron chi connectivity index (χ0n) is 14.2. The Morgan fingerprint density at radius 3 is 2.37 bits per heavy atom. The van der Waals surface area contributed by atoms with Gasteiger partial charge in [-0.05, 0) is 43.7 Å². The highest BCUT2D eigenvalue weighted by Gasteiger charge is 2.31. The van der Waals surface area contributed by atoms with Gasteiger partial charge in [-0.2, -0.15) is 9.61 Å². The zero-order chi connectivity index (χ0) is 19.3. The molecule has 0 unspecified atom stereocenters. The van der Waals surface area contributed by atoms with Gasteiger partial charge in [0.05, 0.1) is 11.0 Å². The van der Waals surface area contributed by atoms with Crippen molar-refractivity contribution in [1.82, 2.24) is 19.8 Å². The van der Waals surface area contributed by atoms with Crippen LogP contribution in [0, 0.1) is 17.5 Å². The van der Waals surface area contributed by atoms with Gasteiger partial charge in [0.25, 0.3) is 0 Å². The summed E-state index contributed by atoms with van der Waals surface area (Å²) in [6.45, 7) is 3.90. The first-order valence-electron chi connectivity index (χ1n) is 7.91. The molecule has 2 aromatic heterocycles. The molecule has 2 heterocycles. The van der Waals surface area contributed by atoms with Crippen LogP contribution >= 0.6 is 22.9 Å². The van der Waals surface area contributed by atoms with Crippen LogP contribution in [0.1, 0.15) is 25.2 Å². The maximum absolute atomic E-state index is 14.1. The first-order valence-corrected chi connectivity index (χ1v) is 9.11. The minimum Gasteiger partial charge on any atom is -0.204 e. The summed E-state index contributed by atoms with van der Waals surface area (Å²) in [6, 6.07) is 9.34. The molecule has 0 saturated carbocycles. The molecule has 4 aromatic rings. The Morgan fingerprint density at radius 2 is 1.67 bits per heavy atom. The lowest BCUT2D eigenvalue weighted by atomic mass is 9.84. The first kappa shape index (κ1) is 17.9. The second-order valence-corrected chi connectivity index (χ2v) is 7.87. The molecular weight excluding hydrogens is 397 g/mol. The average molecular weight is 409 g/mol. The maximum atomic E-state index is 14.1. The van der Waals surface area contributed by atoms with Crippen molar-refractivity contribution < 1.29 is 13.2 Å². The van der Waals surface area contributed by atoms with Crippen LogP contribution < -0.4 is 0 Å². The second-order valence-electron chi connectivity index (χ2n) is 6.48. The van der Waals surface area contributed by atoms with Gasteiger partial charge in [-0.1, -0.05) is 35.1 Å². The van der Waals surface area contributed by atoms with E-state index in [0.717, 1.165) is 29.0 Å². The van der Waals surface area contributed by atoms with Crippen LogP contribution in [0.3, 0.4) is 0 Å². The number of hydrogen-bond acceptors (Lipinski definition) is 4. The third-order valence-electron chi connectivity index (χ3n) is 4.38. The lowest BCUT2D eigenvalue weighted by molar-refractivity contribution is 0.449. The topological polar surface area (TPSA) is 43.1 Å². The zero-order valence-corrected chi connectivity index (χ0v) is 15.7. The monoisotopic (exact) mass is 408 g/mol. The molecule has 0 amide bonds. The SMILES string of the molecule is CC(C)(c1ccc(Cl)cc1)c1nnc2sc(-c3ccc(F)c(F)c3F)nn12. The summed E-state index contributed by atoms with van der Waals surface area (Å²) in [5, 5.41) is 13.5. The third-order valence-corrected chi connectivity index (χ3v) is 5.57. The predicted molar refractivity (Wildman–Crippen MR) is 97.5 cm³/mol. The van der Waals surface area contributed by atoms with Gasteiger partial charge in [0, 0.05) is 5.02 Å². The van der Waals surface area contributed by atoms with Crippen LogP contribution in [0.25, 0.3) is 15.5 Å². The highest BCUT2D eigenvalue weighted by Crippen LogP contribution is 2.34. The maximum Gasteiger partial charge on any atom is 0.235 e. The van der Waals surface area contributed by atoms with E-state index in [1.54, 1.807) is 12.1 Å². The molecule has 0 aliphatic heterocycles. The predicted octanol–water partition coefficient (Wildman–Crippen LogP) is 5.25. The number of nitrogens with zero attached hydrogens (tertiary/aromatic N) is 4. The van der Waals surface area contributed by atoms with E-state index >= 15 is 0 Å². The van der Waals surface area contributed by atoms with E-state index in [4.69, 9.17) is 11.6 Å². The van der Waals surface area contributed by atoms with Gasteiger partial charge >= 0.3 is 0 Å². The largest absolute Gasteiger partial charge is 0.235 e.